The van der Waals surface area contributed by atoms with Crippen LogP contribution in [0.25, 0.3) is 0 Å². The van der Waals surface area contributed by atoms with Gasteiger partial charge in [-0.25, -0.2) is 4.98 Å². The molecule has 2 heterocycles. The maximum atomic E-state index is 12.5. The topological polar surface area (TPSA) is 42.1 Å². The van der Waals surface area contributed by atoms with E-state index in [2.05, 4.69) is 9.88 Å². The van der Waals surface area contributed by atoms with Gasteiger partial charge in [-0.05, 0) is 24.7 Å². The number of hydrogen-bond acceptors (Lipinski definition) is 4. The van der Waals surface area contributed by atoms with Gasteiger partial charge in [-0.15, -0.1) is 23.7 Å². The van der Waals surface area contributed by atoms with E-state index in [-0.39, 0.29) is 18.4 Å². The molecule has 0 radical (unpaired) electrons. The Morgan fingerprint density at radius 2 is 2.10 bits per heavy atom. The van der Waals surface area contributed by atoms with E-state index in [4.69, 9.17) is 5.73 Å². The number of nitrogens with zero attached hydrogens (tertiary/aromatic N) is 2. The van der Waals surface area contributed by atoms with Crippen molar-refractivity contribution < 1.29 is 13.2 Å². The minimum atomic E-state index is -4.28. The van der Waals surface area contributed by atoms with Crippen LogP contribution < -0.4 is 5.73 Å². The molecule has 8 heteroatoms. The normalized spacial score (nSPS) is 30.3. The zero-order valence-electron chi connectivity index (χ0n) is 10.8. The third kappa shape index (κ3) is 3.10. The van der Waals surface area contributed by atoms with Crippen LogP contribution in [0.1, 0.15) is 22.7 Å². The van der Waals surface area contributed by atoms with Gasteiger partial charge in [0.2, 0.25) is 0 Å². The fourth-order valence-electron chi connectivity index (χ4n) is 3.23. The van der Waals surface area contributed by atoms with Crippen molar-refractivity contribution in [2.75, 3.05) is 13.1 Å². The molecular weight excluding hydrogens is 311 g/mol. The molecule has 3 unspecified atom stereocenters. The average Bonchev–Trinajstić information content (AvgIpc) is 2.97. The largest absolute Gasteiger partial charge is 0.427 e. The number of alkyl halides is 3. The first-order valence-electron chi connectivity index (χ1n) is 6.43. The van der Waals surface area contributed by atoms with E-state index in [1.807, 2.05) is 0 Å². The molecule has 20 heavy (non-hydrogen) atoms. The van der Waals surface area contributed by atoms with Gasteiger partial charge in [0, 0.05) is 19.1 Å². The minimum Gasteiger partial charge on any atom is -0.327 e. The zero-order valence-corrected chi connectivity index (χ0v) is 12.4. The molecule has 3 nitrogen and oxygen atoms in total. The van der Waals surface area contributed by atoms with Gasteiger partial charge in [0.25, 0.3) is 0 Å². The van der Waals surface area contributed by atoms with Crippen LogP contribution in [0.15, 0.2) is 6.20 Å². The Balaban J connectivity index is 0.00000147. The van der Waals surface area contributed by atoms with E-state index >= 15 is 0 Å². The lowest BCUT2D eigenvalue weighted by molar-refractivity contribution is -0.134. The molecule has 1 saturated carbocycles. The predicted octanol–water partition coefficient (Wildman–Crippen LogP) is 2.75. The van der Waals surface area contributed by atoms with E-state index in [0.29, 0.717) is 23.4 Å². The average molecular weight is 328 g/mol. The molecule has 0 bridgehead atoms. The summed E-state index contributed by atoms with van der Waals surface area (Å²) in [7, 11) is 0. The zero-order chi connectivity index (χ0) is 13.6. The predicted molar refractivity (Wildman–Crippen MR) is 73.8 cm³/mol. The van der Waals surface area contributed by atoms with E-state index in [1.54, 1.807) is 0 Å². The molecule has 2 aliphatic rings. The number of aromatic nitrogens is 1. The van der Waals surface area contributed by atoms with E-state index in [0.717, 1.165) is 43.5 Å². The van der Waals surface area contributed by atoms with Gasteiger partial charge < -0.3 is 5.73 Å². The number of rotatable bonds is 2. The molecule has 1 aromatic rings. The summed E-state index contributed by atoms with van der Waals surface area (Å²) in [6.07, 6.45) is -1.12. The van der Waals surface area contributed by atoms with Crippen molar-refractivity contribution in [3.05, 3.63) is 16.1 Å². The van der Waals surface area contributed by atoms with Crippen LogP contribution in [-0.4, -0.2) is 29.0 Å². The molecular formula is C12H17ClF3N3S. The number of fused-ring (bicyclic) bond motifs is 1. The summed E-state index contributed by atoms with van der Waals surface area (Å²) in [5.74, 6) is 1.14. The highest BCUT2D eigenvalue weighted by Crippen LogP contribution is 2.38. The van der Waals surface area contributed by atoms with Crippen LogP contribution in [-0.2, 0) is 12.7 Å². The minimum absolute atomic E-state index is 0. The summed E-state index contributed by atoms with van der Waals surface area (Å²) in [5, 5.41) is 0.542. The molecule has 1 aliphatic carbocycles. The summed E-state index contributed by atoms with van der Waals surface area (Å²) >= 11 is 0.747. The molecule has 0 amide bonds. The number of halogens is 4. The molecule has 3 rings (SSSR count). The molecule has 114 valence electrons. The Morgan fingerprint density at radius 1 is 1.35 bits per heavy atom. The molecule has 1 saturated heterocycles. The highest BCUT2D eigenvalue weighted by atomic mass is 35.5. The number of hydrogen-bond donors (Lipinski definition) is 1. The lowest BCUT2D eigenvalue weighted by Crippen LogP contribution is -2.30. The maximum Gasteiger partial charge on any atom is 0.427 e. The first kappa shape index (κ1) is 16.0. The van der Waals surface area contributed by atoms with Gasteiger partial charge >= 0.3 is 6.18 Å². The summed E-state index contributed by atoms with van der Waals surface area (Å²) < 4.78 is 37.5. The molecule has 3 atom stereocenters. The van der Waals surface area contributed by atoms with Crippen LogP contribution in [0.2, 0.25) is 0 Å². The summed E-state index contributed by atoms with van der Waals surface area (Å²) in [5.41, 5.74) is 6.05. The summed E-state index contributed by atoms with van der Waals surface area (Å²) in [6, 6.07) is 0.261. The van der Waals surface area contributed by atoms with Crippen LogP contribution in [0.4, 0.5) is 13.2 Å². The lowest BCUT2D eigenvalue weighted by atomic mass is 9.98. The van der Waals surface area contributed by atoms with Gasteiger partial charge in [-0.2, -0.15) is 13.2 Å². The molecule has 0 spiro atoms. The monoisotopic (exact) mass is 327 g/mol. The van der Waals surface area contributed by atoms with Crippen molar-refractivity contribution in [2.24, 2.45) is 17.6 Å². The number of likely N-dealkylation sites (tertiary alicyclic amines) is 1. The van der Waals surface area contributed by atoms with E-state index in [1.165, 1.54) is 0 Å². The van der Waals surface area contributed by atoms with E-state index < -0.39 is 11.1 Å². The smallest absolute Gasteiger partial charge is 0.327 e. The fourth-order valence-corrected chi connectivity index (χ4v) is 4.06. The Kier molecular flexibility index (Phi) is 4.63. The fraction of sp³-hybridized carbons (Fsp3) is 0.750. The first-order chi connectivity index (χ1) is 8.93. The Hall–Kier alpha value is -0.370. The van der Waals surface area contributed by atoms with Crippen molar-refractivity contribution in [1.82, 2.24) is 9.88 Å². The second kappa shape index (κ2) is 5.79. The second-order valence-electron chi connectivity index (χ2n) is 5.48. The summed E-state index contributed by atoms with van der Waals surface area (Å²) in [6.45, 7) is 2.35. The molecule has 1 aromatic heterocycles. The van der Waals surface area contributed by atoms with Crippen LogP contribution in [0.5, 0.6) is 0 Å². The highest BCUT2D eigenvalue weighted by Gasteiger charge is 2.41. The molecule has 0 aromatic carbocycles. The van der Waals surface area contributed by atoms with Crippen molar-refractivity contribution in [1.29, 1.82) is 0 Å². The van der Waals surface area contributed by atoms with E-state index in [9.17, 15) is 13.2 Å². The van der Waals surface area contributed by atoms with Gasteiger partial charge in [-0.1, -0.05) is 0 Å². The van der Waals surface area contributed by atoms with Crippen molar-refractivity contribution in [3.8, 4) is 0 Å². The standard InChI is InChI=1S/C12H16F3N3S.ClH/c13-12(14,15)10-3-17-11(19-10)6-18-4-7-1-2-9(16)8(7)5-18;/h3,7-9H,1-2,4-6,16H2;1H. The first-order valence-corrected chi connectivity index (χ1v) is 7.25. The van der Waals surface area contributed by atoms with Crippen LogP contribution >= 0.6 is 23.7 Å². The molecule has 2 fully saturated rings. The third-order valence-electron chi connectivity index (χ3n) is 4.18. The van der Waals surface area contributed by atoms with Crippen LogP contribution in [0, 0.1) is 11.8 Å². The maximum absolute atomic E-state index is 12.5. The van der Waals surface area contributed by atoms with Gasteiger partial charge in [0.1, 0.15) is 9.88 Å². The van der Waals surface area contributed by atoms with Crippen LogP contribution in [0.3, 0.4) is 0 Å². The number of thiazole rings is 1. The van der Waals surface area contributed by atoms with Crippen molar-refractivity contribution in [3.63, 3.8) is 0 Å². The van der Waals surface area contributed by atoms with Gasteiger partial charge in [-0.3, -0.25) is 4.90 Å². The third-order valence-corrected chi connectivity index (χ3v) is 5.21. The van der Waals surface area contributed by atoms with Gasteiger partial charge in [0.05, 0.1) is 12.7 Å². The van der Waals surface area contributed by atoms with Crippen molar-refractivity contribution in [2.45, 2.75) is 31.6 Å². The summed E-state index contributed by atoms with van der Waals surface area (Å²) in [4.78, 5) is 5.46. The lowest BCUT2D eigenvalue weighted by Gasteiger charge is -2.16. The molecule has 2 N–H and O–H groups in total. The number of nitrogens with two attached hydrogens (primary N) is 1. The highest BCUT2D eigenvalue weighted by molar-refractivity contribution is 7.11. The Labute approximate surface area is 125 Å². The Bertz CT molecular complexity index is 465. The quantitative estimate of drug-likeness (QED) is 0.908. The SMILES string of the molecule is Cl.NC1CCC2CN(Cc3ncc(C(F)(F)F)s3)CC12. The molecule has 1 aliphatic heterocycles. The second-order valence-corrected chi connectivity index (χ2v) is 6.59. The Morgan fingerprint density at radius 3 is 2.70 bits per heavy atom. The van der Waals surface area contributed by atoms with Crippen molar-refractivity contribution >= 4 is 23.7 Å². The van der Waals surface area contributed by atoms with Gasteiger partial charge in [0.15, 0.2) is 0 Å².